The molecule has 1 amide bonds. The molecule has 1 N–H and O–H groups in total. The van der Waals surface area contributed by atoms with Gasteiger partial charge in [-0.2, -0.15) is 0 Å². The van der Waals surface area contributed by atoms with Crippen molar-refractivity contribution < 1.29 is 9.72 Å². The van der Waals surface area contributed by atoms with Crippen molar-refractivity contribution in [2.75, 3.05) is 5.32 Å². The lowest BCUT2D eigenvalue weighted by atomic mass is 10.1. The number of non-ortho nitro benzene ring substituents is 1. The van der Waals surface area contributed by atoms with Gasteiger partial charge in [-0.05, 0) is 12.5 Å². The molecule has 0 saturated carbocycles. The summed E-state index contributed by atoms with van der Waals surface area (Å²) in [7, 11) is 0. The van der Waals surface area contributed by atoms with Gasteiger partial charge < -0.3 is 5.32 Å². The van der Waals surface area contributed by atoms with E-state index in [1.807, 2.05) is 0 Å². The highest BCUT2D eigenvalue weighted by Crippen LogP contribution is 2.15. The number of hydrogen-bond acceptors (Lipinski definition) is 6. The SMILES string of the molecule is Cc1nnc(NC(=O)Cc2ccc([N+](=O)[O-])cc2)s1. The third-order valence-corrected chi connectivity index (χ3v) is 3.04. The van der Waals surface area contributed by atoms with Crippen LogP contribution in [0.2, 0.25) is 0 Å². The van der Waals surface area contributed by atoms with Crippen LogP contribution in [0, 0.1) is 17.0 Å². The van der Waals surface area contributed by atoms with Gasteiger partial charge in [0, 0.05) is 12.1 Å². The minimum atomic E-state index is -0.478. The standard InChI is InChI=1S/C11H10N4O3S/c1-7-13-14-11(19-7)12-10(16)6-8-2-4-9(5-3-8)15(17)18/h2-5H,6H2,1H3,(H,12,14,16). The highest BCUT2D eigenvalue weighted by Gasteiger charge is 2.09. The molecule has 8 heteroatoms. The first-order chi connectivity index (χ1) is 9.04. The summed E-state index contributed by atoms with van der Waals surface area (Å²) in [6, 6.07) is 5.86. The zero-order chi connectivity index (χ0) is 13.8. The maximum Gasteiger partial charge on any atom is 0.269 e. The molecule has 19 heavy (non-hydrogen) atoms. The van der Waals surface area contributed by atoms with Gasteiger partial charge in [0.25, 0.3) is 5.69 Å². The molecule has 0 atom stereocenters. The van der Waals surface area contributed by atoms with E-state index in [4.69, 9.17) is 0 Å². The first kappa shape index (κ1) is 13.1. The van der Waals surface area contributed by atoms with E-state index in [9.17, 15) is 14.9 Å². The van der Waals surface area contributed by atoms with E-state index in [0.717, 1.165) is 5.01 Å². The van der Waals surface area contributed by atoms with Gasteiger partial charge in [0.15, 0.2) is 0 Å². The second-order valence-corrected chi connectivity index (χ2v) is 4.96. The van der Waals surface area contributed by atoms with Crippen LogP contribution in [0.4, 0.5) is 10.8 Å². The Hall–Kier alpha value is -2.35. The number of nitro groups is 1. The third-order valence-electron chi connectivity index (χ3n) is 2.28. The van der Waals surface area contributed by atoms with Gasteiger partial charge >= 0.3 is 0 Å². The maximum atomic E-state index is 11.7. The predicted octanol–water partition coefficient (Wildman–Crippen LogP) is 1.94. The van der Waals surface area contributed by atoms with Crippen molar-refractivity contribution in [2.24, 2.45) is 0 Å². The molecular formula is C11H10N4O3S. The number of carbonyl (C=O) groups is 1. The largest absolute Gasteiger partial charge is 0.300 e. The van der Waals surface area contributed by atoms with Gasteiger partial charge in [0.1, 0.15) is 5.01 Å². The number of rotatable bonds is 4. The fraction of sp³-hybridized carbons (Fsp3) is 0.182. The van der Waals surface area contributed by atoms with Crippen LogP contribution in [0.15, 0.2) is 24.3 Å². The van der Waals surface area contributed by atoms with E-state index in [1.165, 1.54) is 23.5 Å². The Kier molecular flexibility index (Phi) is 3.81. The maximum absolute atomic E-state index is 11.7. The molecule has 1 aromatic carbocycles. The minimum absolute atomic E-state index is 0.00362. The normalized spacial score (nSPS) is 10.2. The summed E-state index contributed by atoms with van der Waals surface area (Å²) in [5.41, 5.74) is 0.702. The van der Waals surface area contributed by atoms with Crippen molar-refractivity contribution in [2.45, 2.75) is 13.3 Å². The Labute approximate surface area is 112 Å². The second-order valence-electron chi connectivity index (χ2n) is 3.77. The van der Waals surface area contributed by atoms with Crippen molar-refractivity contribution >= 4 is 28.1 Å². The fourth-order valence-corrected chi connectivity index (χ4v) is 2.04. The number of nitrogens with one attached hydrogen (secondary N) is 1. The Morgan fingerprint density at radius 2 is 2.05 bits per heavy atom. The minimum Gasteiger partial charge on any atom is -0.300 e. The molecule has 1 heterocycles. The van der Waals surface area contributed by atoms with E-state index in [1.54, 1.807) is 19.1 Å². The molecule has 0 spiro atoms. The van der Waals surface area contributed by atoms with Crippen LogP contribution < -0.4 is 5.32 Å². The number of carbonyl (C=O) groups excluding carboxylic acids is 1. The Balaban J connectivity index is 1.97. The lowest BCUT2D eigenvalue weighted by Gasteiger charge is -2.01. The highest BCUT2D eigenvalue weighted by atomic mass is 32.1. The average molecular weight is 278 g/mol. The summed E-state index contributed by atoms with van der Waals surface area (Å²) in [6.07, 6.45) is 0.136. The first-order valence-corrected chi connectivity index (χ1v) is 6.19. The molecule has 0 radical (unpaired) electrons. The van der Waals surface area contributed by atoms with Crippen LogP contribution in [0.1, 0.15) is 10.6 Å². The van der Waals surface area contributed by atoms with Gasteiger partial charge in [-0.25, -0.2) is 0 Å². The first-order valence-electron chi connectivity index (χ1n) is 5.38. The summed E-state index contributed by atoms with van der Waals surface area (Å²) in [6.45, 7) is 1.80. The highest BCUT2D eigenvalue weighted by molar-refractivity contribution is 7.15. The van der Waals surface area contributed by atoms with Gasteiger partial charge in [-0.15, -0.1) is 10.2 Å². The second kappa shape index (κ2) is 5.53. The van der Waals surface area contributed by atoms with Gasteiger partial charge in [0.05, 0.1) is 11.3 Å². The van der Waals surface area contributed by atoms with Gasteiger partial charge in [-0.3, -0.25) is 14.9 Å². The van der Waals surface area contributed by atoms with E-state index in [-0.39, 0.29) is 18.0 Å². The smallest absolute Gasteiger partial charge is 0.269 e. The molecule has 1 aromatic heterocycles. The zero-order valence-corrected chi connectivity index (χ0v) is 10.8. The number of aromatic nitrogens is 2. The number of nitrogens with zero attached hydrogens (tertiary/aromatic N) is 3. The van der Waals surface area contributed by atoms with Crippen molar-refractivity contribution in [1.29, 1.82) is 0 Å². The molecule has 0 aliphatic carbocycles. The summed E-state index contributed by atoms with van der Waals surface area (Å²) in [5.74, 6) is -0.231. The molecule has 0 aliphatic rings. The van der Waals surface area contributed by atoms with E-state index >= 15 is 0 Å². The number of hydrogen-bond donors (Lipinski definition) is 1. The van der Waals surface area contributed by atoms with E-state index in [2.05, 4.69) is 15.5 Å². The van der Waals surface area contributed by atoms with Crippen molar-refractivity contribution in [1.82, 2.24) is 10.2 Å². The number of anilines is 1. The van der Waals surface area contributed by atoms with E-state index in [0.29, 0.717) is 10.7 Å². The Morgan fingerprint density at radius 1 is 1.37 bits per heavy atom. The summed E-state index contributed by atoms with van der Waals surface area (Å²) in [4.78, 5) is 21.7. The lowest BCUT2D eigenvalue weighted by Crippen LogP contribution is -2.14. The van der Waals surface area contributed by atoms with Crippen LogP contribution in [0.25, 0.3) is 0 Å². The Morgan fingerprint density at radius 3 is 2.58 bits per heavy atom. The Bertz CT molecular complexity index is 609. The van der Waals surface area contributed by atoms with Crippen LogP contribution >= 0.6 is 11.3 Å². The topological polar surface area (TPSA) is 98.0 Å². The van der Waals surface area contributed by atoms with Crippen molar-refractivity contribution in [3.8, 4) is 0 Å². The molecule has 0 unspecified atom stereocenters. The van der Waals surface area contributed by atoms with Crippen molar-refractivity contribution in [3.05, 3.63) is 45.0 Å². The molecule has 0 bridgehead atoms. The van der Waals surface area contributed by atoms with Crippen LogP contribution in [0.3, 0.4) is 0 Å². The molecule has 0 fully saturated rings. The van der Waals surface area contributed by atoms with Gasteiger partial charge in [0.2, 0.25) is 11.0 Å². The summed E-state index contributed by atoms with van der Waals surface area (Å²) < 4.78 is 0. The number of amides is 1. The fourth-order valence-electron chi connectivity index (χ4n) is 1.43. The quantitative estimate of drug-likeness (QED) is 0.680. The molecule has 2 aromatic rings. The third kappa shape index (κ3) is 3.55. The number of nitro benzene ring substituents is 1. The predicted molar refractivity (Wildman–Crippen MR) is 70.1 cm³/mol. The molecule has 7 nitrogen and oxygen atoms in total. The van der Waals surface area contributed by atoms with Crippen LogP contribution in [-0.4, -0.2) is 21.0 Å². The summed E-state index contributed by atoms with van der Waals surface area (Å²) >= 11 is 1.29. The van der Waals surface area contributed by atoms with Crippen LogP contribution in [-0.2, 0) is 11.2 Å². The van der Waals surface area contributed by atoms with Gasteiger partial charge in [-0.1, -0.05) is 23.5 Å². The number of aryl methyl sites for hydroxylation is 1. The number of benzene rings is 1. The molecular weight excluding hydrogens is 268 g/mol. The summed E-state index contributed by atoms with van der Waals surface area (Å²) in [5, 5.41) is 21.9. The average Bonchev–Trinajstić information content (AvgIpc) is 2.75. The molecule has 0 saturated heterocycles. The van der Waals surface area contributed by atoms with E-state index < -0.39 is 4.92 Å². The molecule has 2 rings (SSSR count). The zero-order valence-electron chi connectivity index (χ0n) is 9.99. The molecule has 0 aliphatic heterocycles. The molecule has 98 valence electrons. The monoisotopic (exact) mass is 278 g/mol. The lowest BCUT2D eigenvalue weighted by molar-refractivity contribution is -0.384. The van der Waals surface area contributed by atoms with Crippen molar-refractivity contribution in [3.63, 3.8) is 0 Å². The van der Waals surface area contributed by atoms with Crippen LogP contribution in [0.5, 0.6) is 0 Å².